The molecule has 1 aromatic carbocycles. The summed E-state index contributed by atoms with van der Waals surface area (Å²) in [5.41, 5.74) is 2.09. The number of halogens is 1. The molecule has 94 valence electrons. The molecule has 1 saturated carbocycles. The molecule has 2 heteroatoms. The average Bonchev–Trinajstić information content (AvgIpc) is 2.26. The first-order valence-corrected chi connectivity index (χ1v) is 6.52. The lowest BCUT2D eigenvalue weighted by molar-refractivity contribution is 0.217. The molecule has 0 amide bonds. The second-order valence-corrected chi connectivity index (χ2v) is 5.90. The van der Waals surface area contributed by atoms with E-state index in [-0.39, 0.29) is 5.82 Å². The highest BCUT2D eigenvalue weighted by Crippen LogP contribution is 2.37. The van der Waals surface area contributed by atoms with Gasteiger partial charge in [0.2, 0.25) is 0 Å². The lowest BCUT2D eigenvalue weighted by Gasteiger charge is -2.39. The number of hydrogen-bond acceptors (Lipinski definition) is 1. The Balaban J connectivity index is 2.11. The number of hydrogen-bond donors (Lipinski definition) is 1. The molecule has 2 rings (SSSR count). The Morgan fingerprint density at radius 3 is 2.71 bits per heavy atom. The zero-order valence-electron chi connectivity index (χ0n) is 11.0. The summed E-state index contributed by atoms with van der Waals surface area (Å²) >= 11 is 0. The van der Waals surface area contributed by atoms with Gasteiger partial charge >= 0.3 is 0 Å². The summed E-state index contributed by atoms with van der Waals surface area (Å²) in [6, 6.07) is 5.79. The van der Waals surface area contributed by atoms with Crippen LogP contribution in [0, 0.1) is 18.2 Å². The zero-order chi connectivity index (χ0) is 12.5. The van der Waals surface area contributed by atoms with Crippen LogP contribution in [0.5, 0.6) is 0 Å². The fourth-order valence-corrected chi connectivity index (χ4v) is 2.70. The van der Waals surface area contributed by atoms with Gasteiger partial charge in [0.1, 0.15) is 5.82 Å². The fraction of sp³-hybridized carbons (Fsp3) is 0.600. The van der Waals surface area contributed by atoms with Crippen molar-refractivity contribution < 1.29 is 4.39 Å². The Hall–Kier alpha value is -1.05. The van der Waals surface area contributed by atoms with Crippen molar-refractivity contribution in [2.24, 2.45) is 5.41 Å². The first-order chi connectivity index (χ1) is 7.99. The smallest absolute Gasteiger partial charge is 0.126 e. The summed E-state index contributed by atoms with van der Waals surface area (Å²) < 4.78 is 13.2. The van der Waals surface area contributed by atoms with Crippen molar-refractivity contribution in [1.82, 2.24) is 0 Å². The van der Waals surface area contributed by atoms with E-state index in [0.717, 1.165) is 5.69 Å². The second-order valence-electron chi connectivity index (χ2n) is 5.90. The molecular weight excluding hydrogens is 213 g/mol. The number of rotatable bonds is 2. The van der Waals surface area contributed by atoms with Crippen molar-refractivity contribution in [3.8, 4) is 0 Å². The molecule has 1 N–H and O–H groups in total. The fourth-order valence-electron chi connectivity index (χ4n) is 2.70. The van der Waals surface area contributed by atoms with E-state index in [4.69, 9.17) is 0 Å². The highest BCUT2D eigenvalue weighted by atomic mass is 19.1. The maximum atomic E-state index is 13.2. The highest BCUT2D eigenvalue weighted by Gasteiger charge is 2.31. The van der Waals surface area contributed by atoms with Crippen LogP contribution in [0.3, 0.4) is 0 Å². The van der Waals surface area contributed by atoms with Crippen LogP contribution in [0.1, 0.15) is 45.1 Å². The Bertz CT molecular complexity index is 398. The first-order valence-electron chi connectivity index (χ1n) is 6.52. The number of anilines is 1. The summed E-state index contributed by atoms with van der Waals surface area (Å²) in [6.45, 7) is 6.45. The van der Waals surface area contributed by atoms with Gasteiger partial charge in [0.05, 0.1) is 0 Å². The van der Waals surface area contributed by atoms with Gasteiger partial charge in [-0.2, -0.15) is 0 Å². The van der Waals surface area contributed by atoms with E-state index in [9.17, 15) is 4.39 Å². The van der Waals surface area contributed by atoms with Crippen molar-refractivity contribution in [3.63, 3.8) is 0 Å². The van der Waals surface area contributed by atoms with Gasteiger partial charge in [-0.1, -0.05) is 26.7 Å². The monoisotopic (exact) mass is 235 g/mol. The normalized spacial score (nSPS) is 23.4. The van der Waals surface area contributed by atoms with Crippen LogP contribution in [-0.4, -0.2) is 6.04 Å². The van der Waals surface area contributed by atoms with Crippen LogP contribution < -0.4 is 5.32 Å². The van der Waals surface area contributed by atoms with Gasteiger partial charge < -0.3 is 5.32 Å². The molecular formula is C15H22FN. The Labute approximate surface area is 103 Å². The summed E-state index contributed by atoms with van der Waals surface area (Å²) in [5.74, 6) is -0.126. The van der Waals surface area contributed by atoms with Crippen LogP contribution in [0.2, 0.25) is 0 Å². The molecule has 1 aliphatic carbocycles. The van der Waals surface area contributed by atoms with E-state index in [1.54, 1.807) is 6.07 Å². The third kappa shape index (κ3) is 2.80. The number of nitrogens with one attached hydrogen (secondary N) is 1. The van der Waals surface area contributed by atoms with Crippen LogP contribution >= 0.6 is 0 Å². The van der Waals surface area contributed by atoms with Crippen molar-refractivity contribution >= 4 is 5.69 Å². The summed E-state index contributed by atoms with van der Waals surface area (Å²) in [6.07, 6.45) is 5.10. The molecule has 0 aromatic heterocycles. The number of aryl methyl sites for hydroxylation is 1. The van der Waals surface area contributed by atoms with Crippen LogP contribution in [-0.2, 0) is 0 Å². The van der Waals surface area contributed by atoms with Crippen molar-refractivity contribution in [2.75, 3.05) is 5.32 Å². The molecule has 0 heterocycles. The van der Waals surface area contributed by atoms with Crippen LogP contribution in [0.15, 0.2) is 18.2 Å². The van der Waals surface area contributed by atoms with E-state index in [1.165, 1.54) is 25.7 Å². The third-order valence-electron chi connectivity index (χ3n) is 4.01. The summed E-state index contributed by atoms with van der Waals surface area (Å²) in [5, 5.41) is 3.57. The zero-order valence-corrected chi connectivity index (χ0v) is 11.0. The standard InChI is InChI=1S/C15H22FN/c1-11-10-12(7-8-13(11)16)17-14-6-4-5-9-15(14,2)3/h7-8,10,14,17H,4-6,9H2,1-3H3. The minimum Gasteiger partial charge on any atom is -0.382 e. The summed E-state index contributed by atoms with van der Waals surface area (Å²) in [4.78, 5) is 0. The van der Waals surface area contributed by atoms with Gasteiger partial charge in [-0.05, 0) is 48.9 Å². The average molecular weight is 235 g/mol. The molecule has 0 aliphatic heterocycles. The predicted molar refractivity (Wildman–Crippen MR) is 70.8 cm³/mol. The third-order valence-corrected chi connectivity index (χ3v) is 4.01. The molecule has 17 heavy (non-hydrogen) atoms. The van der Waals surface area contributed by atoms with Gasteiger partial charge in [-0.15, -0.1) is 0 Å². The molecule has 1 unspecified atom stereocenters. The highest BCUT2D eigenvalue weighted by molar-refractivity contribution is 5.47. The van der Waals surface area contributed by atoms with E-state index in [2.05, 4.69) is 19.2 Å². The van der Waals surface area contributed by atoms with Gasteiger partial charge in [0.25, 0.3) is 0 Å². The van der Waals surface area contributed by atoms with E-state index < -0.39 is 0 Å². The molecule has 0 bridgehead atoms. The Morgan fingerprint density at radius 1 is 1.29 bits per heavy atom. The predicted octanol–water partition coefficient (Wildman–Crippen LogP) is 4.51. The minimum atomic E-state index is -0.126. The lowest BCUT2D eigenvalue weighted by atomic mass is 9.73. The second kappa shape index (κ2) is 4.67. The van der Waals surface area contributed by atoms with Crippen molar-refractivity contribution in [3.05, 3.63) is 29.6 Å². The largest absolute Gasteiger partial charge is 0.382 e. The summed E-state index contributed by atoms with van der Waals surface area (Å²) in [7, 11) is 0. The van der Waals surface area contributed by atoms with Crippen LogP contribution in [0.25, 0.3) is 0 Å². The van der Waals surface area contributed by atoms with E-state index in [0.29, 0.717) is 17.0 Å². The lowest BCUT2D eigenvalue weighted by Crippen LogP contribution is -2.38. The Morgan fingerprint density at radius 2 is 2.06 bits per heavy atom. The van der Waals surface area contributed by atoms with Crippen LogP contribution in [0.4, 0.5) is 10.1 Å². The van der Waals surface area contributed by atoms with Gasteiger partial charge in [0, 0.05) is 11.7 Å². The maximum Gasteiger partial charge on any atom is 0.126 e. The van der Waals surface area contributed by atoms with Crippen molar-refractivity contribution in [1.29, 1.82) is 0 Å². The molecule has 1 fully saturated rings. The molecule has 1 nitrogen and oxygen atoms in total. The molecule has 0 spiro atoms. The first kappa shape index (κ1) is 12.4. The molecule has 0 saturated heterocycles. The van der Waals surface area contributed by atoms with Gasteiger partial charge in [0.15, 0.2) is 0 Å². The minimum absolute atomic E-state index is 0.126. The van der Waals surface area contributed by atoms with E-state index in [1.807, 2.05) is 19.1 Å². The number of benzene rings is 1. The maximum absolute atomic E-state index is 13.2. The van der Waals surface area contributed by atoms with Gasteiger partial charge in [-0.25, -0.2) is 4.39 Å². The molecule has 1 aliphatic rings. The van der Waals surface area contributed by atoms with Crippen molar-refractivity contribution in [2.45, 2.75) is 52.5 Å². The van der Waals surface area contributed by atoms with E-state index >= 15 is 0 Å². The Kier molecular flexibility index (Phi) is 3.41. The molecule has 0 radical (unpaired) electrons. The topological polar surface area (TPSA) is 12.0 Å². The van der Waals surface area contributed by atoms with Gasteiger partial charge in [-0.3, -0.25) is 0 Å². The molecule has 1 aromatic rings. The SMILES string of the molecule is Cc1cc(NC2CCCCC2(C)C)ccc1F. The molecule has 1 atom stereocenters. The quantitative estimate of drug-likeness (QED) is 0.795.